The second kappa shape index (κ2) is 9.03. The number of anilines is 1. The maximum absolute atomic E-state index is 13.1. The van der Waals surface area contributed by atoms with Crippen LogP contribution < -0.4 is 14.4 Å². The number of amides is 2. The molecule has 4 rings (SSSR count). The van der Waals surface area contributed by atoms with Gasteiger partial charge in [0.25, 0.3) is 11.8 Å². The summed E-state index contributed by atoms with van der Waals surface area (Å²) in [5.74, 6) is 1.06. The number of methoxy groups -OCH3 is 1. The molecule has 30 heavy (non-hydrogen) atoms. The van der Waals surface area contributed by atoms with Crippen molar-refractivity contribution in [3.8, 4) is 11.5 Å². The van der Waals surface area contributed by atoms with Crippen molar-refractivity contribution in [1.82, 2.24) is 4.90 Å². The lowest BCUT2D eigenvalue weighted by Gasteiger charge is -2.37. The number of hydrogen-bond acceptors (Lipinski definition) is 4. The predicted octanol–water partition coefficient (Wildman–Crippen LogP) is 3.52. The van der Waals surface area contributed by atoms with Gasteiger partial charge in [-0.15, -0.1) is 0 Å². The Bertz CT molecular complexity index is 950. The van der Waals surface area contributed by atoms with E-state index in [-0.39, 0.29) is 18.4 Å². The lowest BCUT2D eigenvalue weighted by molar-refractivity contribution is -0.139. The Morgan fingerprint density at radius 2 is 1.87 bits per heavy atom. The third-order valence-corrected chi connectivity index (χ3v) is 5.50. The molecule has 1 fully saturated rings. The minimum absolute atomic E-state index is 0.0428. The lowest BCUT2D eigenvalue weighted by atomic mass is 10.1. The third-order valence-electron chi connectivity index (χ3n) is 5.50. The molecule has 2 amide bonds. The molecule has 2 aliphatic rings. The highest BCUT2D eigenvalue weighted by molar-refractivity contribution is 6.05. The van der Waals surface area contributed by atoms with Crippen LogP contribution in [0.3, 0.4) is 0 Å². The van der Waals surface area contributed by atoms with Crippen molar-refractivity contribution in [2.45, 2.75) is 25.4 Å². The molecular weight excluding hydrogens is 380 g/mol. The first-order chi connectivity index (χ1) is 14.7. The maximum Gasteiger partial charge on any atom is 0.265 e. The minimum Gasteiger partial charge on any atom is -0.497 e. The molecular formula is C24H26N2O4. The van der Waals surface area contributed by atoms with Gasteiger partial charge in [-0.25, -0.2) is 0 Å². The average molecular weight is 406 g/mol. The van der Waals surface area contributed by atoms with E-state index in [1.54, 1.807) is 24.2 Å². The zero-order valence-corrected chi connectivity index (χ0v) is 17.1. The fraction of sp³-hybridized carbons (Fsp3) is 0.333. The van der Waals surface area contributed by atoms with Gasteiger partial charge in [0.05, 0.1) is 19.3 Å². The first-order valence-corrected chi connectivity index (χ1v) is 10.3. The summed E-state index contributed by atoms with van der Waals surface area (Å²) in [6.07, 6.45) is 5.77. The summed E-state index contributed by atoms with van der Waals surface area (Å²) in [5, 5.41) is 0. The van der Waals surface area contributed by atoms with Gasteiger partial charge in [0, 0.05) is 19.2 Å². The Labute approximate surface area is 176 Å². The SMILES string of the molecule is COc1cccc(/C=C/C(=O)N2C[C@H](C(=O)N3CCCCC3)Oc3ccccc32)c1. The van der Waals surface area contributed by atoms with Gasteiger partial charge in [-0.2, -0.15) is 0 Å². The molecule has 2 aromatic rings. The first-order valence-electron chi connectivity index (χ1n) is 10.3. The number of fused-ring (bicyclic) bond motifs is 1. The number of benzene rings is 2. The summed E-state index contributed by atoms with van der Waals surface area (Å²) in [4.78, 5) is 29.6. The Hall–Kier alpha value is -3.28. The summed E-state index contributed by atoms with van der Waals surface area (Å²) in [7, 11) is 1.61. The van der Waals surface area contributed by atoms with E-state index < -0.39 is 6.10 Å². The Morgan fingerprint density at radius 1 is 1.07 bits per heavy atom. The molecule has 0 bridgehead atoms. The van der Waals surface area contributed by atoms with Gasteiger partial charge in [-0.05, 0) is 55.2 Å². The molecule has 0 aromatic heterocycles. The van der Waals surface area contributed by atoms with E-state index in [4.69, 9.17) is 9.47 Å². The van der Waals surface area contributed by atoms with Crippen molar-refractivity contribution in [3.63, 3.8) is 0 Å². The standard InChI is InChI=1S/C24H26N2O4/c1-29-19-9-7-8-18(16-19)12-13-23(27)26-17-22(24(28)25-14-5-2-6-15-25)30-21-11-4-3-10-20(21)26/h3-4,7-13,16,22H,2,5-6,14-15,17H2,1H3/b13-12+/t22-/m1/s1. The lowest BCUT2D eigenvalue weighted by Crippen LogP contribution is -2.52. The number of carbonyl (C=O) groups excluding carboxylic acids is 2. The van der Waals surface area contributed by atoms with Gasteiger partial charge in [0.2, 0.25) is 0 Å². The number of hydrogen-bond donors (Lipinski definition) is 0. The summed E-state index contributed by atoms with van der Waals surface area (Å²) in [6, 6.07) is 14.9. The molecule has 6 heteroatoms. The van der Waals surface area contributed by atoms with Crippen LogP contribution in [0.25, 0.3) is 6.08 Å². The van der Waals surface area contributed by atoms with Gasteiger partial charge in [-0.3, -0.25) is 9.59 Å². The highest BCUT2D eigenvalue weighted by atomic mass is 16.5. The van der Waals surface area contributed by atoms with Gasteiger partial charge in [-0.1, -0.05) is 24.3 Å². The molecule has 0 radical (unpaired) electrons. The molecule has 1 atom stereocenters. The largest absolute Gasteiger partial charge is 0.497 e. The van der Waals surface area contributed by atoms with Crippen molar-refractivity contribution >= 4 is 23.6 Å². The van der Waals surface area contributed by atoms with E-state index in [0.717, 1.165) is 43.7 Å². The van der Waals surface area contributed by atoms with E-state index in [1.165, 1.54) is 6.08 Å². The molecule has 2 aliphatic heterocycles. The van der Waals surface area contributed by atoms with Crippen LogP contribution in [-0.4, -0.2) is 49.6 Å². The number of ether oxygens (including phenoxy) is 2. The number of likely N-dealkylation sites (tertiary alicyclic amines) is 1. The zero-order valence-electron chi connectivity index (χ0n) is 17.1. The second-order valence-corrected chi connectivity index (χ2v) is 7.52. The molecule has 6 nitrogen and oxygen atoms in total. The van der Waals surface area contributed by atoms with E-state index in [0.29, 0.717) is 11.4 Å². The molecule has 0 spiro atoms. The van der Waals surface area contributed by atoms with Crippen LogP contribution in [0.5, 0.6) is 11.5 Å². The number of nitrogens with zero attached hydrogens (tertiary/aromatic N) is 2. The number of rotatable bonds is 4. The number of para-hydroxylation sites is 2. The van der Waals surface area contributed by atoms with Crippen LogP contribution in [0.15, 0.2) is 54.6 Å². The predicted molar refractivity (Wildman–Crippen MR) is 116 cm³/mol. The Morgan fingerprint density at radius 3 is 2.67 bits per heavy atom. The molecule has 0 saturated carbocycles. The first kappa shape index (κ1) is 20.0. The number of piperidine rings is 1. The zero-order chi connectivity index (χ0) is 20.9. The Kier molecular flexibility index (Phi) is 6.02. The highest BCUT2D eigenvalue weighted by Crippen LogP contribution is 2.34. The minimum atomic E-state index is -0.688. The average Bonchev–Trinajstić information content (AvgIpc) is 2.82. The van der Waals surface area contributed by atoms with Crippen LogP contribution in [0.1, 0.15) is 24.8 Å². The summed E-state index contributed by atoms with van der Waals surface area (Å²) in [5.41, 5.74) is 1.55. The quantitative estimate of drug-likeness (QED) is 0.729. The van der Waals surface area contributed by atoms with Crippen molar-refractivity contribution in [1.29, 1.82) is 0 Å². The normalized spacial score (nSPS) is 18.6. The Balaban J connectivity index is 1.55. The van der Waals surface area contributed by atoms with E-state index in [9.17, 15) is 9.59 Å². The third kappa shape index (κ3) is 4.32. The highest BCUT2D eigenvalue weighted by Gasteiger charge is 2.35. The van der Waals surface area contributed by atoms with Crippen LogP contribution in [-0.2, 0) is 9.59 Å². The fourth-order valence-corrected chi connectivity index (χ4v) is 3.89. The summed E-state index contributed by atoms with van der Waals surface area (Å²) in [6.45, 7) is 1.71. The van der Waals surface area contributed by atoms with E-state index in [1.807, 2.05) is 47.4 Å². The molecule has 0 unspecified atom stereocenters. The maximum atomic E-state index is 13.1. The molecule has 2 heterocycles. The number of carbonyl (C=O) groups is 2. The van der Waals surface area contributed by atoms with Crippen molar-refractivity contribution in [2.24, 2.45) is 0 Å². The van der Waals surface area contributed by atoms with Gasteiger partial charge in [0.1, 0.15) is 11.5 Å². The molecule has 156 valence electrons. The molecule has 0 N–H and O–H groups in total. The van der Waals surface area contributed by atoms with Gasteiger partial charge < -0.3 is 19.3 Å². The van der Waals surface area contributed by atoms with Crippen LogP contribution in [0.4, 0.5) is 5.69 Å². The second-order valence-electron chi connectivity index (χ2n) is 7.52. The molecule has 2 aromatic carbocycles. The van der Waals surface area contributed by atoms with Crippen LogP contribution in [0.2, 0.25) is 0 Å². The fourth-order valence-electron chi connectivity index (χ4n) is 3.89. The topological polar surface area (TPSA) is 59.1 Å². The van der Waals surface area contributed by atoms with Crippen molar-refractivity contribution in [3.05, 3.63) is 60.2 Å². The van der Waals surface area contributed by atoms with E-state index >= 15 is 0 Å². The van der Waals surface area contributed by atoms with Gasteiger partial charge in [0.15, 0.2) is 6.10 Å². The van der Waals surface area contributed by atoms with Crippen LogP contribution >= 0.6 is 0 Å². The van der Waals surface area contributed by atoms with Gasteiger partial charge >= 0.3 is 0 Å². The summed E-state index contributed by atoms with van der Waals surface area (Å²) >= 11 is 0. The van der Waals surface area contributed by atoms with E-state index in [2.05, 4.69) is 0 Å². The monoisotopic (exact) mass is 406 g/mol. The molecule has 1 saturated heterocycles. The van der Waals surface area contributed by atoms with Crippen LogP contribution in [0, 0.1) is 0 Å². The van der Waals surface area contributed by atoms with Crippen molar-refractivity contribution in [2.75, 3.05) is 31.6 Å². The summed E-state index contributed by atoms with van der Waals surface area (Å²) < 4.78 is 11.2. The molecule has 0 aliphatic carbocycles. The smallest absolute Gasteiger partial charge is 0.265 e. The van der Waals surface area contributed by atoms with Crippen molar-refractivity contribution < 1.29 is 19.1 Å².